The standard InChI is InChI=1S/C22H18N6/c1-15-12-18(4-3-10-23)13-16(2)21(15)27-20-9-11-25-22(28-20)26-19-7-5-17(14-24)6-8-19/h3-9,11-13H,1-2H3,(H2,25,26,27,28)/b4-3+/i1D. The minimum Gasteiger partial charge on any atom is -0.340 e. The highest BCUT2D eigenvalue weighted by molar-refractivity contribution is 5.69. The third kappa shape index (κ3) is 4.51. The molecule has 28 heavy (non-hydrogen) atoms. The Bertz CT molecular complexity index is 1120. The van der Waals surface area contributed by atoms with Gasteiger partial charge in [-0.25, -0.2) is 4.98 Å². The van der Waals surface area contributed by atoms with E-state index in [1.807, 2.05) is 25.1 Å². The van der Waals surface area contributed by atoms with Gasteiger partial charge in [-0.05, 0) is 79.1 Å². The van der Waals surface area contributed by atoms with E-state index in [2.05, 4.69) is 26.7 Å². The maximum atomic E-state index is 8.88. The van der Waals surface area contributed by atoms with Gasteiger partial charge in [-0.1, -0.05) is 0 Å². The lowest BCUT2D eigenvalue weighted by Gasteiger charge is -2.14. The van der Waals surface area contributed by atoms with Crippen LogP contribution in [0, 0.1) is 36.5 Å². The third-order valence-electron chi connectivity index (χ3n) is 3.97. The lowest BCUT2D eigenvalue weighted by atomic mass is 10.0. The molecule has 136 valence electrons. The number of aryl methyl sites for hydroxylation is 2. The smallest absolute Gasteiger partial charge is 0.229 e. The molecule has 0 bridgehead atoms. The van der Waals surface area contributed by atoms with E-state index in [1.165, 1.54) is 6.08 Å². The van der Waals surface area contributed by atoms with Gasteiger partial charge in [0.25, 0.3) is 0 Å². The molecule has 3 rings (SSSR count). The van der Waals surface area contributed by atoms with Crippen molar-refractivity contribution in [2.75, 3.05) is 10.6 Å². The lowest BCUT2D eigenvalue weighted by molar-refractivity contribution is 1.16. The first-order valence-corrected chi connectivity index (χ1v) is 8.49. The normalized spacial score (nSPS) is 10.8. The molecule has 1 heterocycles. The number of hydrogen-bond donors (Lipinski definition) is 2. The summed E-state index contributed by atoms with van der Waals surface area (Å²) in [6.45, 7) is 2.04. The van der Waals surface area contributed by atoms with Crippen LogP contribution in [0.5, 0.6) is 0 Å². The molecule has 3 aromatic rings. The fraction of sp³-hybridized carbons (Fsp3) is 0.0909. The average Bonchev–Trinajstić information content (AvgIpc) is 2.74. The van der Waals surface area contributed by atoms with Crippen LogP contribution in [-0.4, -0.2) is 9.97 Å². The zero-order valence-corrected chi connectivity index (χ0v) is 15.3. The number of allylic oxidation sites excluding steroid dienone is 1. The van der Waals surface area contributed by atoms with Crippen molar-refractivity contribution in [3.63, 3.8) is 0 Å². The van der Waals surface area contributed by atoms with Crippen LogP contribution in [0.25, 0.3) is 6.08 Å². The molecule has 0 fully saturated rings. The van der Waals surface area contributed by atoms with Crippen LogP contribution in [0.1, 0.15) is 23.6 Å². The van der Waals surface area contributed by atoms with Crippen molar-refractivity contribution in [2.24, 2.45) is 0 Å². The molecule has 2 aromatic carbocycles. The van der Waals surface area contributed by atoms with E-state index in [0.717, 1.165) is 28.1 Å². The summed E-state index contributed by atoms with van der Waals surface area (Å²) in [5, 5.41) is 24.0. The lowest BCUT2D eigenvalue weighted by Crippen LogP contribution is -2.02. The Labute approximate surface area is 165 Å². The van der Waals surface area contributed by atoms with Crippen LogP contribution in [0.15, 0.2) is 54.7 Å². The maximum absolute atomic E-state index is 8.88. The summed E-state index contributed by atoms with van der Waals surface area (Å²) in [5.74, 6) is 1.01. The first-order chi connectivity index (χ1) is 14.1. The predicted molar refractivity (Wildman–Crippen MR) is 110 cm³/mol. The number of anilines is 4. The summed E-state index contributed by atoms with van der Waals surface area (Å²) in [4.78, 5) is 8.71. The van der Waals surface area contributed by atoms with Crippen LogP contribution in [0.3, 0.4) is 0 Å². The molecule has 0 radical (unpaired) electrons. The monoisotopic (exact) mass is 367 g/mol. The van der Waals surface area contributed by atoms with Crippen molar-refractivity contribution in [1.29, 1.82) is 10.5 Å². The van der Waals surface area contributed by atoms with Crippen molar-refractivity contribution in [2.45, 2.75) is 13.8 Å². The Kier molecular flexibility index (Phi) is 5.23. The molecule has 6 nitrogen and oxygen atoms in total. The second-order valence-electron chi connectivity index (χ2n) is 6.04. The van der Waals surface area contributed by atoms with Crippen molar-refractivity contribution in [3.05, 3.63) is 77.0 Å². The maximum Gasteiger partial charge on any atom is 0.229 e. The average molecular weight is 367 g/mol. The summed E-state index contributed by atoms with van der Waals surface area (Å²) >= 11 is 0. The van der Waals surface area contributed by atoms with Gasteiger partial charge in [-0.3, -0.25) is 0 Å². The van der Waals surface area contributed by atoms with E-state index >= 15 is 0 Å². The molecule has 0 spiro atoms. The van der Waals surface area contributed by atoms with Crippen molar-refractivity contribution >= 4 is 29.2 Å². The van der Waals surface area contributed by atoms with Gasteiger partial charge < -0.3 is 10.6 Å². The predicted octanol–water partition coefficient (Wildman–Crippen LogP) is 4.99. The molecular weight excluding hydrogens is 348 g/mol. The highest BCUT2D eigenvalue weighted by Gasteiger charge is 2.07. The van der Waals surface area contributed by atoms with E-state index in [0.29, 0.717) is 17.3 Å². The van der Waals surface area contributed by atoms with Crippen molar-refractivity contribution < 1.29 is 1.37 Å². The molecule has 0 amide bonds. The first-order valence-electron chi connectivity index (χ1n) is 9.20. The molecule has 0 saturated heterocycles. The number of hydrogen-bond acceptors (Lipinski definition) is 6. The summed E-state index contributed by atoms with van der Waals surface area (Å²) in [6.07, 6.45) is 4.78. The fourth-order valence-electron chi connectivity index (χ4n) is 2.67. The van der Waals surface area contributed by atoms with E-state index in [9.17, 15) is 0 Å². The van der Waals surface area contributed by atoms with Crippen molar-refractivity contribution in [1.82, 2.24) is 9.97 Å². The Morgan fingerprint density at radius 2 is 1.86 bits per heavy atom. The van der Waals surface area contributed by atoms with Gasteiger partial charge in [0.2, 0.25) is 5.95 Å². The second kappa shape index (κ2) is 8.48. The van der Waals surface area contributed by atoms with Gasteiger partial charge >= 0.3 is 0 Å². The number of benzene rings is 2. The number of rotatable bonds is 5. The third-order valence-corrected chi connectivity index (χ3v) is 3.97. The number of aromatic nitrogens is 2. The number of nitrogens with one attached hydrogen (secondary N) is 2. The van der Waals surface area contributed by atoms with Crippen molar-refractivity contribution in [3.8, 4) is 12.1 Å². The zero-order valence-electron chi connectivity index (χ0n) is 16.3. The van der Waals surface area contributed by atoms with Gasteiger partial charge in [0.15, 0.2) is 0 Å². The Balaban J connectivity index is 1.83. The Morgan fingerprint density at radius 3 is 2.57 bits per heavy atom. The van der Waals surface area contributed by atoms with Gasteiger partial charge in [-0.2, -0.15) is 15.5 Å². The molecule has 0 aliphatic heterocycles. The molecule has 6 heteroatoms. The van der Waals surface area contributed by atoms with Crippen LogP contribution in [-0.2, 0) is 0 Å². The summed E-state index contributed by atoms with van der Waals surface area (Å²) < 4.78 is 7.85. The molecule has 0 aliphatic rings. The molecule has 2 N–H and O–H groups in total. The summed E-state index contributed by atoms with van der Waals surface area (Å²) in [6, 6.07) is 16.7. The quantitative estimate of drug-likeness (QED) is 0.617. The minimum atomic E-state index is 0.0961. The minimum absolute atomic E-state index is 0.0961. The van der Waals surface area contributed by atoms with Gasteiger partial charge in [0.1, 0.15) is 5.82 Å². The van der Waals surface area contributed by atoms with E-state index in [1.54, 1.807) is 42.6 Å². The van der Waals surface area contributed by atoms with E-state index < -0.39 is 0 Å². The molecule has 0 saturated carbocycles. The highest BCUT2D eigenvalue weighted by Crippen LogP contribution is 2.26. The van der Waals surface area contributed by atoms with Crippen LogP contribution < -0.4 is 10.6 Å². The molecule has 0 aliphatic carbocycles. The highest BCUT2D eigenvalue weighted by atomic mass is 15.1. The van der Waals surface area contributed by atoms with Crippen LogP contribution in [0.2, 0.25) is 0 Å². The van der Waals surface area contributed by atoms with Gasteiger partial charge in [-0.15, -0.1) is 0 Å². The Morgan fingerprint density at radius 1 is 1.07 bits per heavy atom. The Hall–Kier alpha value is -4.16. The SMILES string of the molecule is [2H]Cc1cc(/C=C/C#N)cc(C)c1Nc1ccnc(Nc2ccc(C#N)cc2)n1. The van der Waals surface area contributed by atoms with Gasteiger partial charge in [0.05, 0.1) is 17.7 Å². The molecule has 0 atom stereocenters. The first kappa shape index (κ1) is 17.3. The fourth-order valence-corrected chi connectivity index (χ4v) is 2.67. The van der Waals surface area contributed by atoms with Crippen LogP contribution >= 0.6 is 0 Å². The molecular formula is C22H18N6. The van der Waals surface area contributed by atoms with Gasteiger partial charge in [0, 0.05) is 25.0 Å². The zero-order chi connectivity index (χ0) is 20.6. The largest absolute Gasteiger partial charge is 0.340 e. The van der Waals surface area contributed by atoms with Crippen LogP contribution in [0.4, 0.5) is 23.1 Å². The molecule has 0 unspecified atom stereocenters. The van der Waals surface area contributed by atoms with E-state index in [-0.39, 0.29) is 6.90 Å². The molecule has 1 aromatic heterocycles. The topological polar surface area (TPSA) is 97.4 Å². The number of nitriles is 2. The summed E-state index contributed by atoms with van der Waals surface area (Å²) in [7, 11) is 0. The number of nitrogens with zero attached hydrogens (tertiary/aromatic N) is 4. The van der Waals surface area contributed by atoms with E-state index in [4.69, 9.17) is 11.9 Å². The summed E-state index contributed by atoms with van der Waals surface area (Å²) in [5.41, 5.74) is 4.81. The second-order valence-corrected chi connectivity index (χ2v) is 6.04.